The molecule has 1 unspecified atom stereocenters. The molecule has 0 aliphatic rings. The minimum atomic E-state index is -0.199. The molecular weight excluding hydrogens is 328 g/mol. The highest BCUT2D eigenvalue weighted by molar-refractivity contribution is 9.10. The van der Waals surface area contributed by atoms with Crippen LogP contribution in [0.15, 0.2) is 28.7 Å². The molecule has 0 aromatic heterocycles. The summed E-state index contributed by atoms with van der Waals surface area (Å²) in [7, 11) is 0. The van der Waals surface area contributed by atoms with Crippen LogP contribution in [-0.4, -0.2) is 35.8 Å². The first-order valence-corrected chi connectivity index (χ1v) is 8.23. The second-order valence-electron chi connectivity index (χ2n) is 4.12. The molecule has 0 saturated heterocycles. The van der Waals surface area contributed by atoms with E-state index in [1.165, 1.54) is 0 Å². The third-order valence-corrected chi connectivity index (χ3v) is 3.81. The van der Waals surface area contributed by atoms with Crippen molar-refractivity contribution in [2.24, 2.45) is 0 Å². The number of carbonyl (C=O) groups is 1. The van der Waals surface area contributed by atoms with Gasteiger partial charge >= 0.3 is 6.03 Å². The van der Waals surface area contributed by atoms with Crippen LogP contribution in [0, 0.1) is 0 Å². The highest BCUT2D eigenvalue weighted by Gasteiger charge is 2.10. The van der Waals surface area contributed by atoms with Gasteiger partial charge in [0.05, 0.1) is 0 Å². The topological polar surface area (TPSA) is 61.4 Å². The van der Waals surface area contributed by atoms with Gasteiger partial charge in [-0.05, 0) is 30.4 Å². The third-order valence-electron chi connectivity index (χ3n) is 2.55. The number of rotatable bonds is 7. The van der Waals surface area contributed by atoms with E-state index in [0.717, 1.165) is 15.8 Å². The summed E-state index contributed by atoms with van der Waals surface area (Å²) in [6, 6.07) is 7.60. The fourth-order valence-corrected chi connectivity index (χ4v) is 2.49. The number of hydrogen-bond donors (Lipinski definition) is 3. The number of thioether (sulfide) groups is 1. The van der Waals surface area contributed by atoms with Crippen LogP contribution in [0.4, 0.5) is 4.79 Å². The summed E-state index contributed by atoms with van der Waals surface area (Å²) in [5.41, 5.74) is 1.04. The Balaban J connectivity index is 2.35. The molecule has 0 aliphatic carbocycles. The molecule has 6 heteroatoms. The van der Waals surface area contributed by atoms with Crippen LogP contribution in [0.2, 0.25) is 0 Å². The van der Waals surface area contributed by atoms with Crippen molar-refractivity contribution in [1.82, 2.24) is 10.6 Å². The quantitative estimate of drug-likeness (QED) is 0.710. The molecule has 1 rings (SSSR count). The van der Waals surface area contributed by atoms with Crippen LogP contribution in [0.5, 0.6) is 0 Å². The summed E-state index contributed by atoms with van der Waals surface area (Å²) >= 11 is 5.02. The summed E-state index contributed by atoms with van der Waals surface area (Å²) in [6.07, 6.45) is 2.55. The number of aliphatic hydroxyl groups is 1. The van der Waals surface area contributed by atoms with Crippen LogP contribution in [0.1, 0.15) is 12.0 Å². The molecule has 0 bridgehead atoms. The Morgan fingerprint density at radius 3 is 2.68 bits per heavy atom. The van der Waals surface area contributed by atoms with Gasteiger partial charge in [0.1, 0.15) is 0 Å². The zero-order valence-electron chi connectivity index (χ0n) is 10.9. The summed E-state index contributed by atoms with van der Waals surface area (Å²) in [5.74, 6) is 0.798. The Hall–Kier alpha value is -0.720. The first kappa shape index (κ1) is 16.3. The molecule has 0 aliphatic heterocycles. The Bertz CT molecular complexity index is 381. The van der Waals surface area contributed by atoms with E-state index in [-0.39, 0.29) is 18.7 Å². The van der Waals surface area contributed by atoms with Crippen molar-refractivity contribution in [3.05, 3.63) is 34.3 Å². The second-order valence-corrected chi connectivity index (χ2v) is 5.94. The fraction of sp³-hybridized carbons (Fsp3) is 0.462. The van der Waals surface area contributed by atoms with Crippen molar-refractivity contribution in [3.63, 3.8) is 0 Å². The lowest BCUT2D eigenvalue weighted by Crippen LogP contribution is -2.43. The lowest BCUT2D eigenvalue weighted by Gasteiger charge is -2.17. The van der Waals surface area contributed by atoms with Gasteiger partial charge in [-0.25, -0.2) is 4.79 Å². The van der Waals surface area contributed by atoms with Gasteiger partial charge in [-0.15, -0.1) is 0 Å². The monoisotopic (exact) mass is 346 g/mol. The van der Waals surface area contributed by atoms with E-state index in [4.69, 9.17) is 5.11 Å². The average Bonchev–Trinajstić information content (AvgIpc) is 2.39. The Kier molecular flexibility index (Phi) is 7.93. The molecule has 1 atom stereocenters. The van der Waals surface area contributed by atoms with Crippen molar-refractivity contribution in [3.8, 4) is 0 Å². The molecule has 1 aromatic carbocycles. The predicted molar refractivity (Wildman–Crippen MR) is 83.4 cm³/mol. The zero-order valence-corrected chi connectivity index (χ0v) is 13.3. The number of halogens is 1. The Morgan fingerprint density at radius 1 is 1.42 bits per heavy atom. The molecule has 3 N–H and O–H groups in total. The molecule has 4 nitrogen and oxygen atoms in total. The number of hydrogen-bond acceptors (Lipinski definition) is 3. The van der Waals surface area contributed by atoms with Crippen molar-refractivity contribution < 1.29 is 9.90 Å². The standard InChI is InChI=1S/C13H19BrN2O2S/c1-19-9-12(6-7-17)16-13(18)15-8-10-2-4-11(14)5-3-10/h2-5,12,17H,6-9H2,1H3,(H2,15,16,18). The number of carbonyl (C=O) groups excluding carboxylic acids is 1. The first-order valence-electron chi connectivity index (χ1n) is 6.04. The maximum atomic E-state index is 11.7. The van der Waals surface area contributed by atoms with Gasteiger partial charge < -0.3 is 15.7 Å². The molecular formula is C13H19BrN2O2S. The van der Waals surface area contributed by atoms with E-state index in [0.29, 0.717) is 13.0 Å². The van der Waals surface area contributed by atoms with Crippen molar-refractivity contribution >= 4 is 33.7 Å². The molecule has 0 spiro atoms. The maximum Gasteiger partial charge on any atom is 0.315 e. The summed E-state index contributed by atoms with van der Waals surface area (Å²) in [5, 5.41) is 14.6. The zero-order chi connectivity index (χ0) is 14.1. The van der Waals surface area contributed by atoms with Gasteiger partial charge in [-0.3, -0.25) is 0 Å². The Morgan fingerprint density at radius 2 is 2.11 bits per heavy atom. The fourth-order valence-electron chi connectivity index (χ4n) is 1.58. The minimum Gasteiger partial charge on any atom is -0.396 e. The van der Waals surface area contributed by atoms with Gasteiger partial charge in [-0.1, -0.05) is 28.1 Å². The van der Waals surface area contributed by atoms with Crippen LogP contribution in [0.3, 0.4) is 0 Å². The highest BCUT2D eigenvalue weighted by atomic mass is 79.9. The first-order chi connectivity index (χ1) is 9.15. The van der Waals surface area contributed by atoms with Gasteiger partial charge in [0.25, 0.3) is 0 Å². The maximum absolute atomic E-state index is 11.7. The highest BCUT2D eigenvalue weighted by Crippen LogP contribution is 2.10. The third kappa shape index (κ3) is 6.84. The van der Waals surface area contributed by atoms with Crippen molar-refractivity contribution in [2.75, 3.05) is 18.6 Å². The van der Waals surface area contributed by atoms with Crippen LogP contribution in [0.25, 0.3) is 0 Å². The summed E-state index contributed by atoms with van der Waals surface area (Å²) in [4.78, 5) is 11.7. The minimum absolute atomic E-state index is 0.00455. The molecule has 0 heterocycles. The number of amides is 2. The number of aliphatic hydroxyl groups excluding tert-OH is 1. The molecule has 106 valence electrons. The summed E-state index contributed by atoms with van der Waals surface area (Å²) < 4.78 is 1.02. The van der Waals surface area contributed by atoms with Crippen LogP contribution >= 0.6 is 27.7 Å². The Labute approximate surface area is 126 Å². The molecule has 0 radical (unpaired) electrons. The summed E-state index contributed by atoms with van der Waals surface area (Å²) in [6.45, 7) is 0.572. The second kappa shape index (κ2) is 9.23. The largest absolute Gasteiger partial charge is 0.396 e. The number of benzene rings is 1. The van der Waals surface area contributed by atoms with Crippen LogP contribution < -0.4 is 10.6 Å². The van der Waals surface area contributed by atoms with E-state index >= 15 is 0 Å². The van der Waals surface area contributed by atoms with E-state index in [1.807, 2.05) is 30.5 Å². The number of urea groups is 1. The van der Waals surface area contributed by atoms with Crippen molar-refractivity contribution in [2.45, 2.75) is 19.0 Å². The average molecular weight is 347 g/mol. The van der Waals surface area contributed by atoms with E-state index < -0.39 is 0 Å². The van der Waals surface area contributed by atoms with Gasteiger partial charge in [-0.2, -0.15) is 11.8 Å². The van der Waals surface area contributed by atoms with Gasteiger partial charge in [0, 0.05) is 29.4 Å². The normalized spacial score (nSPS) is 11.9. The van der Waals surface area contributed by atoms with Gasteiger partial charge in [0.2, 0.25) is 0 Å². The van der Waals surface area contributed by atoms with Crippen LogP contribution in [-0.2, 0) is 6.54 Å². The molecule has 19 heavy (non-hydrogen) atoms. The van der Waals surface area contributed by atoms with Gasteiger partial charge in [0.15, 0.2) is 0 Å². The lowest BCUT2D eigenvalue weighted by molar-refractivity contribution is 0.231. The van der Waals surface area contributed by atoms with E-state index in [2.05, 4.69) is 26.6 Å². The molecule has 2 amide bonds. The lowest BCUT2D eigenvalue weighted by atomic mass is 10.2. The molecule has 0 fully saturated rings. The predicted octanol–water partition coefficient (Wildman–Crippen LogP) is 2.36. The van der Waals surface area contributed by atoms with E-state index in [9.17, 15) is 4.79 Å². The van der Waals surface area contributed by atoms with E-state index in [1.54, 1.807) is 11.8 Å². The van der Waals surface area contributed by atoms with Crippen molar-refractivity contribution in [1.29, 1.82) is 0 Å². The SMILES string of the molecule is CSCC(CCO)NC(=O)NCc1ccc(Br)cc1. The molecule has 1 aromatic rings. The smallest absolute Gasteiger partial charge is 0.315 e. The molecule has 0 saturated carbocycles. The number of nitrogens with one attached hydrogen (secondary N) is 2.